The molecule has 0 aliphatic carbocycles. The summed E-state index contributed by atoms with van der Waals surface area (Å²) >= 11 is 0. The summed E-state index contributed by atoms with van der Waals surface area (Å²) in [4.78, 5) is 2.34. The van der Waals surface area contributed by atoms with Crippen molar-refractivity contribution in [1.82, 2.24) is 4.90 Å². The predicted octanol–water partition coefficient (Wildman–Crippen LogP) is 2.98. The zero-order chi connectivity index (χ0) is 13.5. The van der Waals surface area contributed by atoms with E-state index in [1.807, 2.05) is 25.1 Å². The van der Waals surface area contributed by atoms with Crippen molar-refractivity contribution in [2.24, 2.45) is 0 Å². The van der Waals surface area contributed by atoms with Gasteiger partial charge in [0.1, 0.15) is 5.75 Å². The molecule has 0 heterocycles. The highest BCUT2D eigenvalue weighted by Crippen LogP contribution is 2.25. The molecular weight excluding hydrogens is 226 g/mol. The molecule has 1 atom stereocenters. The first-order chi connectivity index (χ1) is 8.62. The number of benzene rings is 1. The van der Waals surface area contributed by atoms with Crippen molar-refractivity contribution in [1.29, 1.82) is 0 Å². The molecule has 1 N–H and O–H groups in total. The number of ether oxygens (including phenoxy) is 1. The molecule has 1 unspecified atom stereocenters. The summed E-state index contributed by atoms with van der Waals surface area (Å²) in [5, 5.41) is 9.66. The zero-order valence-corrected chi connectivity index (χ0v) is 11.9. The Morgan fingerprint density at radius 3 is 2.39 bits per heavy atom. The molecule has 3 nitrogen and oxygen atoms in total. The van der Waals surface area contributed by atoms with Crippen LogP contribution in [0.15, 0.2) is 18.2 Å². The van der Waals surface area contributed by atoms with Crippen LogP contribution in [0.4, 0.5) is 0 Å². The van der Waals surface area contributed by atoms with Crippen LogP contribution in [0.5, 0.6) is 5.75 Å². The van der Waals surface area contributed by atoms with Gasteiger partial charge in [-0.05, 0) is 44.6 Å². The minimum Gasteiger partial charge on any atom is -0.494 e. The van der Waals surface area contributed by atoms with Gasteiger partial charge in [0.05, 0.1) is 12.7 Å². The van der Waals surface area contributed by atoms with Crippen LogP contribution in [-0.4, -0.2) is 29.7 Å². The molecule has 0 aliphatic heterocycles. The second-order valence-electron chi connectivity index (χ2n) is 4.44. The Morgan fingerprint density at radius 1 is 1.22 bits per heavy atom. The molecule has 1 aromatic carbocycles. The summed E-state index contributed by atoms with van der Waals surface area (Å²) in [5.41, 5.74) is 2.10. The highest BCUT2D eigenvalue weighted by Gasteiger charge is 2.10. The van der Waals surface area contributed by atoms with E-state index in [4.69, 9.17) is 4.74 Å². The van der Waals surface area contributed by atoms with Gasteiger partial charge in [-0.3, -0.25) is 4.90 Å². The van der Waals surface area contributed by atoms with Crippen LogP contribution in [-0.2, 0) is 6.54 Å². The standard InChI is InChI=1S/C15H25NO2/c1-5-16(6-2)11-14-10-13(12(4)17)8-9-15(14)18-7-3/h8-10,12,17H,5-7,11H2,1-4H3. The van der Waals surface area contributed by atoms with Gasteiger partial charge < -0.3 is 9.84 Å². The molecule has 18 heavy (non-hydrogen) atoms. The highest BCUT2D eigenvalue weighted by atomic mass is 16.5. The molecule has 1 aromatic rings. The minimum absolute atomic E-state index is 0.434. The van der Waals surface area contributed by atoms with Crippen LogP contribution < -0.4 is 4.74 Å². The van der Waals surface area contributed by atoms with Crippen molar-refractivity contribution in [2.75, 3.05) is 19.7 Å². The molecule has 102 valence electrons. The van der Waals surface area contributed by atoms with E-state index in [1.54, 1.807) is 6.92 Å². The first-order valence-corrected chi connectivity index (χ1v) is 6.78. The van der Waals surface area contributed by atoms with Crippen molar-refractivity contribution in [2.45, 2.75) is 40.3 Å². The normalized spacial score (nSPS) is 12.8. The highest BCUT2D eigenvalue weighted by molar-refractivity contribution is 5.38. The van der Waals surface area contributed by atoms with Crippen molar-refractivity contribution >= 4 is 0 Å². The van der Waals surface area contributed by atoms with E-state index in [9.17, 15) is 5.11 Å². The number of hydrogen-bond acceptors (Lipinski definition) is 3. The summed E-state index contributed by atoms with van der Waals surface area (Å²) < 4.78 is 5.65. The predicted molar refractivity (Wildman–Crippen MR) is 74.9 cm³/mol. The largest absolute Gasteiger partial charge is 0.494 e. The Morgan fingerprint density at radius 2 is 1.89 bits per heavy atom. The maximum absolute atomic E-state index is 9.66. The Kier molecular flexibility index (Phi) is 6.16. The summed E-state index contributed by atoms with van der Waals surface area (Å²) in [6, 6.07) is 5.94. The fourth-order valence-electron chi connectivity index (χ4n) is 1.97. The fourth-order valence-corrected chi connectivity index (χ4v) is 1.97. The van der Waals surface area contributed by atoms with E-state index >= 15 is 0 Å². The lowest BCUT2D eigenvalue weighted by molar-refractivity contribution is 0.198. The van der Waals surface area contributed by atoms with Crippen LogP contribution in [0.25, 0.3) is 0 Å². The summed E-state index contributed by atoms with van der Waals surface area (Å²) in [6.07, 6.45) is -0.434. The van der Waals surface area contributed by atoms with E-state index in [1.165, 1.54) is 0 Å². The molecule has 1 rings (SSSR count). The third kappa shape index (κ3) is 4.00. The maximum Gasteiger partial charge on any atom is 0.123 e. The smallest absolute Gasteiger partial charge is 0.123 e. The lowest BCUT2D eigenvalue weighted by atomic mass is 10.1. The average molecular weight is 251 g/mol. The monoisotopic (exact) mass is 251 g/mol. The Labute approximate surface area is 110 Å². The quantitative estimate of drug-likeness (QED) is 0.808. The third-order valence-corrected chi connectivity index (χ3v) is 3.16. The van der Waals surface area contributed by atoms with Gasteiger partial charge in [-0.2, -0.15) is 0 Å². The van der Waals surface area contributed by atoms with Crippen molar-refractivity contribution in [3.05, 3.63) is 29.3 Å². The molecule has 0 amide bonds. The van der Waals surface area contributed by atoms with E-state index in [0.717, 1.165) is 36.5 Å². The van der Waals surface area contributed by atoms with E-state index in [-0.39, 0.29) is 0 Å². The average Bonchev–Trinajstić information content (AvgIpc) is 2.37. The molecular formula is C15H25NO2. The number of aliphatic hydroxyl groups is 1. The van der Waals surface area contributed by atoms with E-state index in [2.05, 4.69) is 18.7 Å². The van der Waals surface area contributed by atoms with Gasteiger partial charge in [-0.15, -0.1) is 0 Å². The Balaban J connectivity index is 2.98. The summed E-state index contributed by atoms with van der Waals surface area (Å²) in [7, 11) is 0. The number of nitrogens with zero attached hydrogens (tertiary/aromatic N) is 1. The van der Waals surface area contributed by atoms with Gasteiger partial charge in [0.2, 0.25) is 0 Å². The van der Waals surface area contributed by atoms with Crippen LogP contribution in [0.1, 0.15) is 44.9 Å². The first kappa shape index (κ1) is 15.0. The molecule has 0 aliphatic rings. The van der Waals surface area contributed by atoms with Gasteiger partial charge in [0.25, 0.3) is 0 Å². The zero-order valence-electron chi connectivity index (χ0n) is 11.9. The fraction of sp³-hybridized carbons (Fsp3) is 0.600. The molecule has 0 radical (unpaired) electrons. The molecule has 0 saturated carbocycles. The summed E-state index contributed by atoms with van der Waals surface area (Å²) in [6.45, 7) is 11.6. The van der Waals surface area contributed by atoms with Gasteiger partial charge in [-0.1, -0.05) is 19.9 Å². The van der Waals surface area contributed by atoms with Gasteiger partial charge in [0.15, 0.2) is 0 Å². The molecule has 0 aromatic heterocycles. The Bertz CT molecular complexity index is 360. The second-order valence-corrected chi connectivity index (χ2v) is 4.44. The van der Waals surface area contributed by atoms with Crippen molar-refractivity contribution < 1.29 is 9.84 Å². The Hall–Kier alpha value is -1.06. The maximum atomic E-state index is 9.66. The second kappa shape index (κ2) is 7.39. The van der Waals surface area contributed by atoms with Crippen LogP contribution in [0.2, 0.25) is 0 Å². The topological polar surface area (TPSA) is 32.7 Å². The van der Waals surface area contributed by atoms with Crippen LogP contribution >= 0.6 is 0 Å². The van der Waals surface area contributed by atoms with Gasteiger partial charge in [-0.25, -0.2) is 0 Å². The number of aliphatic hydroxyl groups excluding tert-OH is 1. The minimum atomic E-state index is -0.434. The lowest BCUT2D eigenvalue weighted by Gasteiger charge is -2.21. The molecule has 3 heteroatoms. The number of hydrogen-bond donors (Lipinski definition) is 1. The molecule has 0 spiro atoms. The van der Waals surface area contributed by atoms with E-state index < -0.39 is 6.10 Å². The van der Waals surface area contributed by atoms with Gasteiger partial charge >= 0.3 is 0 Å². The first-order valence-electron chi connectivity index (χ1n) is 6.78. The van der Waals surface area contributed by atoms with E-state index in [0.29, 0.717) is 6.61 Å². The van der Waals surface area contributed by atoms with Crippen molar-refractivity contribution in [3.63, 3.8) is 0 Å². The van der Waals surface area contributed by atoms with Crippen LogP contribution in [0.3, 0.4) is 0 Å². The molecule has 0 bridgehead atoms. The summed E-state index contributed by atoms with van der Waals surface area (Å²) in [5.74, 6) is 0.925. The van der Waals surface area contributed by atoms with Crippen molar-refractivity contribution in [3.8, 4) is 5.75 Å². The lowest BCUT2D eigenvalue weighted by Crippen LogP contribution is -2.22. The van der Waals surface area contributed by atoms with Gasteiger partial charge in [0, 0.05) is 12.1 Å². The number of rotatable bonds is 7. The SMILES string of the molecule is CCOc1ccc(C(C)O)cc1CN(CC)CC. The van der Waals surface area contributed by atoms with Crippen LogP contribution in [0, 0.1) is 0 Å². The third-order valence-electron chi connectivity index (χ3n) is 3.16. The molecule has 0 fully saturated rings. The molecule has 0 saturated heterocycles.